The van der Waals surface area contributed by atoms with Gasteiger partial charge in [-0.1, -0.05) is 26.0 Å². The average Bonchev–Trinajstić information content (AvgIpc) is 2.84. The summed E-state index contributed by atoms with van der Waals surface area (Å²) in [5.74, 6) is -0.256. The predicted molar refractivity (Wildman–Crippen MR) is 91.8 cm³/mol. The fraction of sp³-hybridized carbons (Fsp3) is 0.421. The molecule has 0 spiro atoms. The highest BCUT2D eigenvalue weighted by Crippen LogP contribution is 2.37. The number of aliphatic hydroxyl groups excluding tert-OH is 1. The van der Waals surface area contributed by atoms with E-state index >= 15 is 0 Å². The summed E-state index contributed by atoms with van der Waals surface area (Å²) in [6.07, 6.45) is -0.203. The lowest BCUT2D eigenvalue weighted by Gasteiger charge is -2.20. The minimum absolute atomic E-state index is 0.0781. The van der Waals surface area contributed by atoms with Gasteiger partial charge in [0.1, 0.15) is 11.9 Å². The molecule has 2 aromatic rings. The van der Waals surface area contributed by atoms with Crippen LogP contribution < -0.4 is 5.32 Å². The number of hydrogen-bond acceptors (Lipinski definition) is 4. The van der Waals surface area contributed by atoms with Gasteiger partial charge in [0.15, 0.2) is 0 Å². The van der Waals surface area contributed by atoms with Crippen LogP contribution in [0, 0.1) is 5.82 Å². The molecule has 0 aliphatic carbocycles. The van der Waals surface area contributed by atoms with Gasteiger partial charge in [0, 0.05) is 19.1 Å². The van der Waals surface area contributed by atoms with Gasteiger partial charge in [-0.2, -0.15) is 0 Å². The van der Waals surface area contributed by atoms with Crippen molar-refractivity contribution >= 4 is 5.69 Å². The number of anilines is 1. The summed E-state index contributed by atoms with van der Waals surface area (Å²) in [5, 5.41) is 13.8. The molecule has 1 aromatic heterocycles. The number of hydrogen-bond donors (Lipinski definition) is 2. The molecule has 0 unspecified atom stereocenters. The van der Waals surface area contributed by atoms with Gasteiger partial charge in [-0.25, -0.2) is 4.39 Å². The van der Waals surface area contributed by atoms with Crippen LogP contribution in [-0.4, -0.2) is 30.4 Å². The molecule has 3 rings (SSSR count). The third-order valence-corrected chi connectivity index (χ3v) is 4.44. The average molecular weight is 330 g/mol. The van der Waals surface area contributed by atoms with Crippen LogP contribution in [0.15, 0.2) is 30.3 Å². The van der Waals surface area contributed by atoms with Gasteiger partial charge in [0.2, 0.25) is 0 Å². The van der Waals surface area contributed by atoms with Crippen molar-refractivity contribution < 1.29 is 14.2 Å². The lowest BCUT2D eigenvalue weighted by Crippen LogP contribution is -2.21. The summed E-state index contributed by atoms with van der Waals surface area (Å²) in [7, 11) is 1.56. The summed E-state index contributed by atoms with van der Waals surface area (Å²) in [4.78, 5) is 4.77. The highest BCUT2D eigenvalue weighted by molar-refractivity contribution is 5.59. The van der Waals surface area contributed by atoms with Crippen molar-refractivity contribution in [3.05, 3.63) is 58.7 Å². The Balaban J connectivity index is 2.01. The number of pyridine rings is 1. The Morgan fingerprint density at radius 2 is 2.04 bits per heavy atom. The standard InChI is InChI=1S/C19H23FN2O2/c1-19(2)11-21-15-9-13(8-12-4-6-14(20)7-5-12)17(22-18(15)19)16(23)10-24-3/h4-7,9,16,21,23H,8,10-11H2,1-3H3/t16-/m1/s1. The van der Waals surface area contributed by atoms with Crippen LogP contribution >= 0.6 is 0 Å². The molecule has 1 aliphatic heterocycles. The van der Waals surface area contributed by atoms with Crippen LogP contribution in [0.25, 0.3) is 0 Å². The predicted octanol–water partition coefficient (Wildman–Crippen LogP) is 3.19. The molecule has 2 N–H and O–H groups in total. The number of rotatable bonds is 5. The smallest absolute Gasteiger partial charge is 0.123 e. The third kappa shape index (κ3) is 3.28. The topological polar surface area (TPSA) is 54.4 Å². The maximum atomic E-state index is 13.1. The van der Waals surface area contributed by atoms with E-state index in [1.54, 1.807) is 19.2 Å². The van der Waals surface area contributed by atoms with Gasteiger partial charge in [0.25, 0.3) is 0 Å². The third-order valence-electron chi connectivity index (χ3n) is 4.44. The van der Waals surface area contributed by atoms with Gasteiger partial charge in [-0.15, -0.1) is 0 Å². The minimum Gasteiger partial charge on any atom is -0.384 e. The monoisotopic (exact) mass is 330 g/mol. The quantitative estimate of drug-likeness (QED) is 0.884. The summed E-state index contributed by atoms with van der Waals surface area (Å²) in [5.41, 5.74) is 4.43. The van der Waals surface area contributed by atoms with Gasteiger partial charge in [0.05, 0.1) is 23.7 Å². The molecule has 128 valence electrons. The van der Waals surface area contributed by atoms with E-state index < -0.39 is 6.10 Å². The second kappa shape index (κ2) is 6.49. The molecule has 0 radical (unpaired) electrons. The number of nitrogens with one attached hydrogen (secondary N) is 1. The number of nitrogens with zero attached hydrogens (tertiary/aromatic N) is 1. The van der Waals surface area contributed by atoms with E-state index in [2.05, 4.69) is 25.2 Å². The fourth-order valence-corrected chi connectivity index (χ4v) is 3.11. The van der Waals surface area contributed by atoms with E-state index in [0.29, 0.717) is 12.1 Å². The lowest BCUT2D eigenvalue weighted by atomic mass is 9.90. The molecule has 2 heterocycles. The van der Waals surface area contributed by atoms with Crippen LogP contribution in [0.3, 0.4) is 0 Å². The summed E-state index contributed by atoms with van der Waals surface area (Å²) < 4.78 is 18.2. The molecule has 24 heavy (non-hydrogen) atoms. The number of fused-ring (bicyclic) bond motifs is 1. The second-order valence-electron chi connectivity index (χ2n) is 6.94. The Hall–Kier alpha value is -1.98. The van der Waals surface area contributed by atoms with E-state index in [0.717, 1.165) is 29.1 Å². The molecule has 0 saturated carbocycles. The van der Waals surface area contributed by atoms with Crippen LogP contribution in [0.5, 0.6) is 0 Å². The van der Waals surface area contributed by atoms with Crippen molar-refractivity contribution in [2.24, 2.45) is 0 Å². The SMILES string of the molecule is COC[C@@H](O)c1nc2c(cc1Cc1ccc(F)cc1)NCC2(C)C. The van der Waals surface area contributed by atoms with E-state index in [1.807, 2.05) is 0 Å². The normalized spacial score (nSPS) is 16.5. The molecule has 1 atom stereocenters. The second-order valence-corrected chi connectivity index (χ2v) is 6.94. The first-order valence-electron chi connectivity index (χ1n) is 8.10. The lowest BCUT2D eigenvalue weighted by molar-refractivity contribution is 0.0610. The van der Waals surface area contributed by atoms with Crippen molar-refractivity contribution in [3.63, 3.8) is 0 Å². The van der Waals surface area contributed by atoms with Gasteiger partial charge in [-0.3, -0.25) is 4.98 Å². The van der Waals surface area contributed by atoms with Gasteiger partial charge in [-0.05, 0) is 35.7 Å². The number of aliphatic hydroxyl groups is 1. The van der Waals surface area contributed by atoms with Crippen molar-refractivity contribution in [1.82, 2.24) is 4.98 Å². The highest BCUT2D eigenvalue weighted by atomic mass is 19.1. The molecule has 5 heteroatoms. The Labute approximate surface area is 141 Å². The number of aromatic nitrogens is 1. The van der Waals surface area contributed by atoms with Gasteiger partial charge < -0.3 is 15.2 Å². The maximum Gasteiger partial charge on any atom is 0.123 e. The molecule has 1 aliphatic rings. The summed E-state index contributed by atoms with van der Waals surface area (Å²) in [6, 6.07) is 8.46. The fourth-order valence-electron chi connectivity index (χ4n) is 3.11. The molecular weight excluding hydrogens is 307 g/mol. The zero-order chi connectivity index (χ0) is 17.3. The Morgan fingerprint density at radius 3 is 2.71 bits per heavy atom. The number of methoxy groups -OCH3 is 1. The zero-order valence-electron chi connectivity index (χ0n) is 14.3. The van der Waals surface area contributed by atoms with Crippen LogP contribution in [0.1, 0.15) is 42.5 Å². The molecular formula is C19H23FN2O2. The van der Waals surface area contributed by atoms with E-state index in [1.165, 1.54) is 12.1 Å². The van der Waals surface area contributed by atoms with E-state index in [-0.39, 0.29) is 17.8 Å². The Kier molecular flexibility index (Phi) is 4.56. The highest BCUT2D eigenvalue weighted by Gasteiger charge is 2.33. The first-order chi connectivity index (χ1) is 11.4. The molecule has 0 bridgehead atoms. The molecule has 0 amide bonds. The number of ether oxygens (including phenoxy) is 1. The summed E-state index contributed by atoms with van der Waals surface area (Å²) in [6.45, 7) is 5.27. The molecule has 0 saturated heterocycles. The van der Waals surface area contributed by atoms with Crippen molar-refractivity contribution in [1.29, 1.82) is 0 Å². The zero-order valence-corrected chi connectivity index (χ0v) is 14.3. The first-order valence-corrected chi connectivity index (χ1v) is 8.10. The molecule has 0 fully saturated rings. The Bertz CT molecular complexity index is 729. The van der Waals surface area contributed by atoms with Crippen LogP contribution in [0.2, 0.25) is 0 Å². The minimum atomic E-state index is -0.785. The van der Waals surface area contributed by atoms with Crippen LogP contribution in [0.4, 0.5) is 10.1 Å². The van der Waals surface area contributed by atoms with Crippen molar-refractivity contribution in [3.8, 4) is 0 Å². The van der Waals surface area contributed by atoms with Crippen LogP contribution in [-0.2, 0) is 16.6 Å². The largest absolute Gasteiger partial charge is 0.384 e. The van der Waals surface area contributed by atoms with Gasteiger partial charge >= 0.3 is 0 Å². The van der Waals surface area contributed by atoms with Crippen molar-refractivity contribution in [2.45, 2.75) is 31.8 Å². The summed E-state index contributed by atoms with van der Waals surface area (Å²) >= 11 is 0. The van der Waals surface area contributed by atoms with E-state index in [4.69, 9.17) is 9.72 Å². The number of halogens is 1. The Morgan fingerprint density at radius 1 is 1.33 bits per heavy atom. The number of benzene rings is 1. The van der Waals surface area contributed by atoms with Crippen molar-refractivity contribution in [2.75, 3.05) is 25.6 Å². The maximum absolute atomic E-state index is 13.1. The van der Waals surface area contributed by atoms with E-state index in [9.17, 15) is 9.50 Å². The molecule has 1 aromatic carbocycles. The first kappa shape index (κ1) is 16.9. The molecule has 4 nitrogen and oxygen atoms in total.